The van der Waals surface area contributed by atoms with Gasteiger partial charge < -0.3 is 5.11 Å². The Balaban J connectivity index is 2.01. The topological polar surface area (TPSA) is 20.2 Å². The molecule has 0 bridgehead atoms. The lowest BCUT2D eigenvalue weighted by Gasteiger charge is -2.46. The fraction of sp³-hybridized carbons (Fsp3) is 0.714. The van der Waals surface area contributed by atoms with Crippen LogP contribution in [0.4, 0.5) is 0 Å². The van der Waals surface area contributed by atoms with E-state index >= 15 is 0 Å². The third-order valence-corrected chi connectivity index (χ3v) is 5.04. The zero-order chi connectivity index (χ0) is 11.6. The van der Waals surface area contributed by atoms with Crippen molar-refractivity contribution < 1.29 is 5.11 Å². The summed E-state index contributed by atoms with van der Waals surface area (Å²) in [5, 5.41) is 15.1. The first-order chi connectivity index (χ1) is 7.54. The van der Waals surface area contributed by atoms with Crippen molar-refractivity contribution >= 4 is 11.3 Å². The van der Waals surface area contributed by atoms with Gasteiger partial charge in [-0.15, -0.1) is 0 Å². The number of aliphatic hydroxyl groups is 1. The average Bonchev–Trinajstić information content (AvgIpc) is 2.73. The Morgan fingerprint density at radius 2 is 2.06 bits per heavy atom. The van der Waals surface area contributed by atoms with Gasteiger partial charge in [-0.1, -0.05) is 26.7 Å². The fourth-order valence-corrected chi connectivity index (χ4v) is 3.51. The molecule has 1 saturated carbocycles. The number of thiophene rings is 1. The van der Waals surface area contributed by atoms with Crippen LogP contribution < -0.4 is 0 Å². The lowest BCUT2D eigenvalue weighted by atomic mass is 9.63. The molecule has 0 spiro atoms. The minimum atomic E-state index is -0.451. The van der Waals surface area contributed by atoms with Crippen molar-refractivity contribution in [2.45, 2.75) is 58.0 Å². The van der Waals surface area contributed by atoms with Gasteiger partial charge in [-0.05, 0) is 53.5 Å². The lowest BCUT2D eigenvalue weighted by Crippen LogP contribution is -2.47. The van der Waals surface area contributed by atoms with E-state index < -0.39 is 5.60 Å². The Labute approximate surface area is 103 Å². The average molecular weight is 238 g/mol. The predicted molar refractivity (Wildman–Crippen MR) is 69.8 cm³/mol. The number of hydrogen-bond donors (Lipinski definition) is 1. The van der Waals surface area contributed by atoms with Crippen molar-refractivity contribution in [1.82, 2.24) is 0 Å². The molecule has 1 unspecified atom stereocenters. The molecule has 0 amide bonds. The van der Waals surface area contributed by atoms with Crippen LogP contribution in [0.2, 0.25) is 0 Å². The summed E-state index contributed by atoms with van der Waals surface area (Å²) in [4.78, 5) is 0. The van der Waals surface area contributed by atoms with E-state index in [-0.39, 0.29) is 5.41 Å². The van der Waals surface area contributed by atoms with Gasteiger partial charge in [-0.3, -0.25) is 0 Å². The van der Waals surface area contributed by atoms with Gasteiger partial charge in [0.15, 0.2) is 0 Å². The molecular weight excluding hydrogens is 216 g/mol. The summed E-state index contributed by atoms with van der Waals surface area (Å²) < 4.78 is 0. The maximum absolute atomic E-state index is 10.8. The molecule has 1 atom stereocenters. The summed E-state index contributed by atoms with van der Waals surface area (Å²) in [6.45, 7) is 4.44. The van der Waals surface area contributed by atoms with Crippen LogP contribution in [0.3, 0.4) is 0 Å². The normalized spacial score (nSPS) is 29.2. The second kappa shape index (κ2) is 4.50. The molecule has 1 aromatic rings. The van der Waals surface area contributed by atoms with Gasteiger partial charge in [-0.2, -0.15) is 11.3 Å². The van der Waals surface area contributed by atoms with E-state index in [9.17, 15) is 5.11 Å². The van der Waals surface area contributed by atoms with Crippen molar-refractivity contribution in [3.63, 3.8) is 0 Å². The van der Waals surface area contributed by atoms with E-state index in [4.69, 9.17) is 0 Å². The predicted octanol–water partition coefficient (Wildman–Crippen LogP) is 4.01. The second-order valence-electron chi connectivity index (χ2n) is 5.75. The summed E-state index contributed by atoms with van der Waals surface area (Å²) in [5.41, 5.74) is 1.01. The van der Waals surface area contributed by atoms with Crippen LogP contribution in [0.25, 0.3) is 0 Å². The van der Waals surface area contributed by atoms with E-state index in [0.717, 1.165) is 25.7 Å². The third-order valence-electron chi connectivity index (χ3n) is 4.31. The first-order valence-electron chi connectivity index (χ1n) is 6.27. The molecule has 2 rings (SSSR count). The highest BCUT2D eigenvalue weighted by molar-refractivity contribution is 7.07. The van der Waals surface area contributed by atoms with Gasteiger partial charge >= 0.3 is 0 Å². The standard InChI is InChI=1S/C14H22OS/c1-13(2)7-3-4-8-14(13,15)9-5-12-6-10-16-11-12/h6,10-11,15H,3-5,7-9H2,1-2H3. The monoisotopic (exact) mass is 238 g/mol. The minimum absolute atomic E-state index is 0.0846. The summed E-state index contributed by atoms with van der Waals surface area (Å²) in [6, 6.07) is 2.17. The van der Waals surface area contributed by atoms with E-state index in [0.29, 0.717) is 0 Å². The van der Waals surface area contributed by atoms with Crippen molar-refractivity contribution in [2.75, 3.05) is 0 Å². The summed E-state index contributed by atoms with van der Waals surface area (Å²) in [5.74, 6) is 0. The van der Waals surface area contributed by atoms with Crippen LogP contribution >= 0.6 is 11.3 Å². The van der Waals surface area contributed by atoms with E-state index in [1.165, 1.54) is 18.4 Å². The third kappa shape index (κ3) is 2.33. The van der Waals surface area contributed by atoms with Crippen LogP contribution in [0.5, 0.6) is 0 Å². The molecule has 2 heteroatoms. The van der Waals surface area contributed by atoms with Gasteiger partial charge in [0.1, 0.15) is 0 Å². The molecule has 16 heavy (non-hydrogen) atoms. The number of aryl methyl sites for hydroxylation is 1. The van der Waals surface area contributed by atoms with Crippen LogP contribution in [0.15, 0.2) is 16.8 Å². The molecule has 1 heterocycles. The van der Waals surface area contributed by atoms with E-state index in [1.807, 2.05) is 0 Å². The summed E-state index contributed by atoms with van der Waals surface area (Å²) in [7, 11) is 0. The minimum Gasteiger partial charge on any atom is -0.389 e. The number of rotatable bonds is 3. The molecule has 1 aliphatic carbocycles. The molecular formula is C14H22OS. The Hall–Kier alpha value is -0.340. The maximum Gasteiger partial charge on any atom is 0.0701 e. The van der Waals surface area contributed by atoms with Crippen molar-refractivity contribution in [1.29, 1.82) is 0 Å². The summed E-state index contributed by atoms with van der Waals surface area (Å²) >= 11 is 1.74. The quantitative estimate of drug-likeness (QED) is 0.843. The Morgan fingerprint density at radius 1 is 1.31 bits per heavy atom. The highest BCUT2D eigenvalue weighted by atomic mass is 32.1. The largest absolute Gasteiger partial charge is 0.389 e. The van der Waals surface area contributed by atoms with Gasteiger partial charge in [0.25, 0.3) is 0 Å². The second-order valence-corrected chi connectivity index (χ2v) is 6.53. The lowest BCUT2D eigenvalue weighted by molar-refractivity contribution is -0.102. The molecule has 0 radical (unpaired) electrons. The van der Waals surface area contributed by atoms with Gasteiger partial charge in [-0.25, -0.2) is 0 Å². The first kappa shape index (κ1) is 12.1. The van der Waals surface area contributed by atoms with E-state index in [1.54, 1.807) is 11.3 Å². The van der Waals surface area contributed by atoms with E-state index in [2.05, 4.69) is 30.7 Å². The highest BCUT2D eigenvalue weighted by Gasteiger charge is 2.44. The van der Waals surface area contributed by atoms with Crippen LogP contribution in [0, 0.1) is 5.41 Å². The van der Waals surface area contributed by atoms with Crippen molar-refractivity contribution in [3.05, 3.63) is 22.4 Å². The van der Waals surface area contributed by atoms with Crippen LogP contribution in [0.1, 0.15) is 51.5 Å². The highest BCUT2D eigenvalue weighted by Crippen LogP contribution is 2.46. The molecule has 1 aromatic heterocycles. The van der Waals surface area contributed by atoms with Crippen molar-refractivity contribution in [2.24, 2.45) is 5.41 Å². The zero-order valence-electron chi connectivity index (χ0n) is 10.3. The van der Waals surface area contributed by atoms with Gasteiger partial charge in [0, 0.05) is 0 Å². The Morgan fingerprint density at radius 3 is 2.69 bits per heavy atom. The molecule has 1 nitrogen and oxygen atoms in total. The number of hydrogen-bond acceptors (Lipinski definition) is 2. The molecule has 0 aromatic carbocycles. The summed E-state index contributed by atoms with van der Waals surface area (Å²) in [6.07, 6.45) is 6.52. The molecule has 0 saturated heterocycles. The van der Waals surface area contributed by atoms with Crippen molar-refractivity contribution in [3.8, 4) is 0 Å². The Bertz CT molecular complexity index is 329. The SMILES string of the molecule is CC1(C)CCCCC1(O)CCc1ccsc1. The van der Waals surface area contributed by atoms with Crippen LogP contribution in [-0.2, 0) is 6.42 Å². The van der Waals surface area contributed by atoms with Crippen LogP contribution in [-0.4, -0.2) is 10.7 Å². The fourth-order valence-electron chi connectivity index (χ4n) is 2.80. The molecule has 1 N–H and O–H groups in total. The maximum atomic E-state index is 10.8. The van der Waals surface area contributed by atoms with Gasteiger partial charge in [0.2, 0.25) is 0 Å². The molecule has 90 valence electrons. The molecule has 1 aliphatic rings. The molecule has 1 fully saturated rings. The smallest absolute Gasteiger partial charge is 0.0701 e. The zero-order valence-corrected chi connectivity index (χ0v) is 11.1. The molecule has 0 aliphatic heterocycles. The Kier molecular flexibility index (Phi) is 3.41. The first-order valence-corrected chi connectivity index (χ1v) is 7.21. The van der Waals surface area contributed by atoms with Gasteiger partial charge in [0.05, 0.1) is 5.60 Å².